The molecule has 4 heteroatoms. The summed E-state index contributed by atoms with van der Waals surface area (Å²) in [5, 5.41) is 0. The molecule has 0 bridgehead atoms. The standard InChI is InChI=1S/C8H11N.N3/c1-6-4-7(2)8(3)9-5-6;1-3-2/h4-5H,1-3H3;/q;-1/p+1. The van der Waals surface area contributed by atoms with Gasteiger partial charge in [0.05, 0.1) is 0 Å². The quantitative estimate of drug-likeness (QED) is 0.320. The van der Waals surface area contributed by atoms with Crippen LogP contribution in [0.2, 0.25) is 0 Å². The lowest BCUT2D eigenvalue weighted by Gasteiger charge is -1.91. The number of nitrogens with zero attached hydrogens (tertiary/aromatic N) is 3. The monoisotopic (exact) mass is 164 g/mol. The summed E-state index contributed by atoms with van der Waals surface area (Å²) >= 11 is 0. The molecule has 0 spiro atoms. The molecule has 64 valence electrons. The van der Waals surface area contributed by atoms with Crippen molar-refractivity contribution in [2.75, 3.05) is 0 Å². The average Bonchev–Trinajstić information content (AvgIpc) is 1.99. The molecule has 0 atom stereocenters. The van der Waals surface area contributed by atoms with E-state index in [0.717, 1.165) is 0 Å². The first-order valence-electron chi connectivity index (χ1n) is 3.55. The van der Waals surface area contributed by atoms with Gasteiger partial charge in [0.15, 0.2) is 11.9 Å². The first-order chi connectivity index (χ1) is 5.61. The number of aromatic amines is 1. The lowest BCUT2D eigenvalue weighted by Crippen LogP contribution is -2.08. The van der Waals surface area contributed by atoms with Crippen molar-refractivity contribution in [3.05, 3.63) is 45.1 Å². The molecule has 0 fully saturated rings. The van der Waals surface area contributed by atoms with Crippen molar-refractivity contribution in [2.45, 2.75) is 20.8 Å². The summed E-state index contributed by atoms with van der Waals surface area (Å²) in [5.74, 6) is 0. The zero-order valence-electron chi connectivity index (χ0n) is 7.50. The predicted octanol–water partition coefficient (Wildman–Crippen LogP) is 2.29. The Bertz CT molecular complexity index is 287. The van der Waals surface area contributed by atoms with E-state index in [1.165, 1.54) is 21.7 Å². The Labute approximate surface area is 71.7 Å². The largest absolute Gasteiger partial charge is 0.373 e. The Hall–Kier alpha value is -1.54. The average molecular weight is 164 g/mol. The molecule has 1 aromatic heterocycles. The second kappa shape index (κ2) is 5.16. The van der Waals surface area contributed by atoms with Crippen LogP contribution >= 0.6 is 0 Å². The zero-order chi connectivity index (χ0) is 9.56. The fraction of sp³-hybridized carbons (Fsp3) is 0.375. The van der Waals surface area contributed by atoms with Gasteiger partial charge in [0.25, 0.3) is 0 Å². The van der Waals surface area contributed by atoms with Gasteiger partial charge in [0, 0.05) is 18.1 Å². The van der Waals surface area contributed by atoms with Crippen molar-refractivity contribution >= 4 is 0 Å². The topological polar surface area (TPSA) is 72.8 Å². The fourth-order valence-corrected chi connectivity index (χ4v) is 0.827. The van der Waals surface area contributed by atoms with Gasteiger partial charge >= 0.3 is 0 Å². The third kappa shape index (κ3) is 3.58. The van der Waals surface area contributed by atoms with Gasteiger partial charge < -0.3 is 11.1 Å². The van der Waals surface area contributed by atoms with Gasteiger partial charge in [-0.2, -0.15) is 0 Å². The molecule has 0 aliphatic carbocycles. The highest BCUT2D eigenvalue weighted by molar-refractivity contribution is 5.17. The minimum atomic E-state index is 1.25. The summed E-state index contributed by atoms with van der Waals surface area (Å²) in [7, 11) is 0. The Morgan fingerprint density at radius 3 is 2.08 bits per heavy atom. The Kier molecular flexibility index (Phi) is 4.49. The molecule has 0 radical (unpaired) electrons. The number of aryl methyl sites for hydroxylation is 3. The molecule has 0 aromatic carbocycles. The number of H-pyrrole nitrogens is 1. The highest BCUT2D eigenvalue weighted by atomic mass is 15.0. The van der Waals surface area contributed by atoms with Crippen molar-refractivity contribution in [2.24, 2.45) is 0 Å². The molecule has 1 N–H and O–H groups in total. The Morgan fingerprint density at radius 1 is 1.25 bits per heavy atom. The van der Waals surface area contributed by atoms with E-state index in [-0.39, 0.29) is 0 Å². The molecule has 0 aliphatic heterocycles. The Morgan fingerprint density at radius 2 is 1.75 bits per heavy atom. The zero-order valence-corrected chi connectivity index (χ0v) is 7.50. The van der Waals surface area contributed by atoms with Crippen LogP contribution in [0, 0.1) is 20.8 Å². The smallest absolute Gasteiger partial charge is 0.179 e. The van der Waals surface area contributed by atoms with Crippen LogP contribution in [-0.4, -0.2) is 0 Å². The van der Waals surface area contributed by atoms with E-state index in [4.69, 9.17) is 11.1 Å². The second-order valence-corrected chi connectivity index (χ2v) is 2.57. The maximum absolute atomic E-state index is 6.75. The van der Waals surface area contributed by atoms with Crippen LogP contribution < -0.4 is 4.98 Å². The van der Waals surface area contributed by atoms with Crippen LogP contribution in [0.3, 0.4) is 0 Å². The van der Waals surface area contributed by atoms with Crippen LogP contribution in [-0.2, 0) is 0 Å². The van der Waals surface area contributed by atoms with Crippen LogP contribution in [0.5, 0.6) is 0 Å². The highest BCUT2D eigenvalue weighted by Crippen LogP contribution is 2.00. The van der Waals surface area contributed by atoms with E-state index in [9.17, 15) is 0 Å². The highest BCUT2D eigenvalue weighted by Gasteiger charge is 1.97. The van der Waals surface area contributed by atoms with E-state index in [2.05, 4.69) is 31.8 Å². The normalized spacial score (nSPS) is 7.92. The summed E-state index contributed by atoms with van der Waals surface area (Å²) in [6, 6.07) is 2.17. The maximum Gasteiger partial charge on any atom is 0.179 e. The third-order valence-electron chi connectivity index (χ3n) is 1.55. The van der Waals surface area contributed by atoms with Gasteiger partial charge in [-0.25, -0.2) is 4.98 Å². The molecular weight excluding hydrogens is 152 g/mol. The van der Waals surface area contributed by atoms with E-state index in [0.29, 0.717) is 0 Å². The lowest BCUT2D eigenvalue weighted by atomic mass is 10.2. The first-order valence-corrected chi connectivity index (χ1v) is 3.55. The SMILES string of the molecule is Cc1c[nH+]c(C)c(C)c1.[N-]=[N+]=[N-]. The molecule has 0 amide bonds. The fourth-order valence-electron chi connectivity index (χ4n) is 0.827. The van der Waals surface area contributed by atoms with E-state index in [1.54, 1.807) is 0 Å². The van der Waals surface area contributed by atoms with Crippen LogP contribution in [0.15, 0.2) is 12.3 Å². The van der Waals surface area contributed by atoms with Gasteiger partial charge in [-0.1, -0.05) is 0 Å². The van der Waals surface area contributed by atoms with Crippen molar-refractivity contribution in [1.82, 2.24) is 0 Å². The Balaban J connectivity index is 0.000000354. The van der Waals surface area contributed by atoms with E-state index in [1.807, 2.05) is 6.20 Å². The van der Waals surface area contributed by atoms with Crippen molar-refractivity contribution < 1.29 is 4.98 Å². The maximum atomic E-state index is 6.75. The number of hydrogen-bond donors (Lipinski definition) is 0. The minimum absolute atomic E-state index is 1.25. The van der Waals surface area contributed by atoms with Gasteiger partial charge in [-0.3, -0.25) is 4.91 Å². The summed E-state index contributed by atoms with van der Waals surface area (Å²) in [4.78, 5) is 4.67. The number of hydrogen-bond acceptors (Lipinski definition) is 0. The number of pyridine rings is 1. The third-order valence-corrected chi connectivity index (χ3v) is 1.55. The molecule has 0 saturated heterocycles. The number of aromatic nitrogens is 1. The molecule has 1 heterocycles. The van der Waals surface area contributed by atoms with Gasteiger partial charge in [-0.15, -0.1) is 0 Å². The van der Waals surface area contributed by atoms with E-state index < -0.39 is 0 Å². The summed E-state index contributed by atoms with van der Waals surface area (Å²) in [5.41, 5.74) is 17.4. The second-order valence-electron chi connectivity index (χ2n) is 2.57. The molecule has 0 saturated carbocycles. The van der Waals surface area contributed by atoms with Gasteiger partial charge in [0.1, 0.15) is 0 Å². The summed E-state index contributed by atoms with van der Waals surface area (Å²) in [6.45, 7) is 6.27. The first kappa shape index (κ1) is 10.5. The van der Waals surface area contributed by atoms with Gasteiger partial charge in [-0.05, 0) is 19.9 Å². The van der Waals surface area contributed by atoms with Crippen molar-refractivity contribution in [3.8, 4) is 0 Å². The lowest BCUT2D eigenvalue weighted by molar-refractivity contribution is -0.388. The molecular formula is C8H12N4. The predicted molar refractivity (Wildman–Crippen MR) is 47.3 cm³/mol. The number of nitrogens with one attached hydrogen (secondary N) is 1. The van der Waals surface area contributed by atoms with E-state index >= 15 is 0 Å². The molecule has 0 unspecified atom stereocenters. The van der Waals surface area contributed by atoms with Crippen LogP contribution in [0.1, 0.15) is 16.8 Å². The number of rotatable bonds is 0. The van der Waals surface area contributed by atoms with Crippen molar-refractivity contribution in [3.63, 3.8) is 0 Å². The summed E-state index contributed by atoms with van der Waals surface area (Å²) in [6.07, 6.45) is 2.02. The van der Waals surface area contributed by atoms with Crippen LogP contribution in [0.4, 0.5) is 0 Å². The van der Waals surface area contributed by atoms with Gasteiger partial charge in [0.2, 0.25) is 0 Å². The van der Waals surface area contributed by atoms with Crippen molar-refractivity contribution in [1.29, 1.82) is 0 Å². The molecule has 12 heavy (non-hydrogen) atoms. The summed E-state index contributed by atoms with van der Waals surface area (Å²) < 4.78 is 0. The molecule has 4 nitrogen and oxygen atoms in total. The minimum Gasteiger partial charge on any atom is -0.373 e. The van der Waals surface area contributed by atoms with Crippen LogP contribution in [0.25, 0.3) is 16.0 Å². The molecule has 0 aliphatic rings. The molecule has 1 rings (SSSR count). The molecule has 1 aromatic rings.